The first-order chi connectivity index (χ1) is 7.16. The minimum atomic E-state index is -0.266. The highest BCUT2D eigenvalue weighted by molar-refractivity contribution is 6.30. The number of hydrogen-bond donors (Lipinski definition) is 1. The standard InChI is InChI=1S/C10H8ClN3O/c11-7-1-3-9(4-2-7)14-10(15)5-8(12)6-13-14/h1-6H,12H2. The third-order valence-corrected chi connectivity index (χ3v) is 2.14. The SMILES string of the molecule is Nc1cnn(-c2ccc(Cl)cc2)c(=O)c1. The summed E-state index contributed by atoms with van der Waals surface area (Å²) < 4.78 is 1.26. The Morgan fingerprint density at radius 3 is 2.53 bits per heavy atom. The van der Waals surface area contributed by atoms with E-state index in [1.165, 1.54) is 16.9 Å². The Hall–Kier alpha value is -1.81. The van der Waals surface area contributed by atoms with E-state index in [-0.39, 0.29) is 5.56 Å². The summed E-state index contributed by atoms with van der Waals surface area (Å²) in [5.74, 6) is 0. The Morgan fingerprint density at radius 1 is 1.27 bits per heavy atom. The molecule has 15 heavy (non-hydrogen) atoms. The van der Waals surface area contributed by atoms with Gasteiger partial charge in [-0.2, -0.15) is 9.78 Å². The summed E-state index contributed by atoms with van der Waals surface area (Å²) in [6.07, 6.45) is 1.43. The highest BCUT2D eigenvalue weighted by atomic mass is 35.5. The molecule has 1 aromatic heterocycles. The van der Waals surface area contributed by atoms with E-state index in [1.807, 2.05) is 0 Å². The van der Waals surface area contributed by atoms with Gasteiger partial charge in [0.05, 0.1) is 17.6 Å². The Balaban J connectivity index is 2.55. The molecule has 0 saturated heterocycles. The fraction of sp³-hybridized carbons (Fsp3) is 0. The molecule has 0 radical (unpaired) electrons. The zero-order valence-electron chi connectivity index (χ0n) is 7.72. The maximum Gasteiger partial charge on any atom is 0.273 e. The van der Waals surface area contributed by atoms with E-state index in [2.05, 4.69) is 5.10 Å². The average Bonchev–Trinajstić information content (AvgIpc) is 2.20. The zero-order chi connectivity index (χ0) is 10.8. The monoisotopic (exact) mass is 221 g/mol. The molecule has 0 amide bonds. The van der Waals surface area contributed by atoms with Gasteiger partial charge in [0.1, 0.15) is 0 Å². The fourth-order valence-corrected chi connectivity index (χ4v) is 1.32. The van der Waals surface area contributed by atoms with Gasteiger partial charge in [0.15, 0.2) is 0 Å². The van der Waals surface area contributed by atoms with Crippen LogP contribution in [-0.4, -0.2) is 9.78 Å². The van der Waals surface area contributed by atoms with Crippen molar-refractivity contribution in [1.82, 2.24) is 9.78 Å². The van der Waals surface area contributed by atoms with E-state index >= 15 is 0 Å². The average molecular weight is 222 g/mol. The molecule has 0 saturated carbocycles. The van der Waals surface area contributed by atoms with Crippen LogP contribution < -0.4 is 11.3 Å². The van der Waals surface area contributed by atoms with E-state index in [9.17, 15) is 4.79 Å². The number of nitrogens with zero attached hydrogens (tertiary/aromatic N) is 2. The number of benzene rings is 1. The lowest BCUT2D eigenvalue weighted by molar-refractivity contribution is 0.809. The van der Waals surface area contributed by atoms with Crippen LogP contribution in [0.25, 0.3) is 5.69 Å². The lowest BCUT2D eigenvalue weighted by atomic mass is 10.3. The molecule has 76 valence electrons. The van der Waals surface area contributed by atoms with Crippen LogP contribution in [-0.2, 0) is 0 Å². The van der Waals surface area contributed by atoms with Crippen LogP contribution in [0.4, 0.5) is 5.69 Å². The summed E-state index contributed by atoms with van der Waals surface area (Å²) in [6, 6.07) is 8.14. The van der Waals surface area contributed by atoms with Crippen LogP contribution in [0.1, 0.15) is 0 Å². The minimum absolute atomic E-state index is 0.266. The summed E-state index contributed by atoms with van der Waals surface area (Å²) in [4.78, 5) is 11.5. The molecule has 0 fully saturated rings. The van der Waals surface area contributed by atoms with Crippen molar-refractivity contribution in [3.05, 3.63) is 51.9 Å². The van der Waals surface area contributed by atoms with Crippen molar-refractivity contribution in [2.45, 2.75) is 0 Å². The van der Waals surface area contributed by atoms with Crippen molar-refractivity contribution in [2.75, 3.05) is 5.73 Å². The van der Waals surface area contributed by atoms with Crippen molar-refractivity contribution in [3.63, 3.8) is 0 Å². The van der Waals surface area contributed by atoms with Crippen LogP contribution in [0.5, 0.6) is 0 Å². The number of aromatic nitrogens is 2. The molecule has 2 N–H and O–H groups in total. The molecule has 0 aliphatic heterocycles. The second-order valence-electron chi connectivity index (χ2n) is 3.02. The van der Waals surface area contributed by atoms with Crippen LogP contribution in [0.3, 0.4) is 0 Å². The Labute approximate surface area is 90.9 Å². The summed E-state index contributed by atoms with van der Waals surface area (Å²) in [7, 11) is 0. The van der Waals surface area contributed by atoms with E-state index in [0.29, 0.717) is 16.4 Å². The third-order valence-electron chi connectivity index (χ3n) is 1.89. The molecule has 0 spiro atoms. The Morgan fingerprint density at radius 2 is 1.93 bits per heavy atom. The largest absolute Gasteiger partial charge is 0.397 e. The predicted molar refractivity (Wildman–Crippen MR) is 59.3 cm³/mol. The number of hydrogen-bond acceptors (Lipinski definition) is 3. The van der Waals surface area contributed by atoms with Gasteiger partial charge in [-0.15, -0.1) is 0 Å². The van der Waals surface area contributed by atoms with Gasteiger partial charge in [-0.1, -0.05) is 11.6 Å². The van der Waals surface area contributed by atoms with E-state index < -0.39 is 0 Å². The van der Waals surface area contributed by atoms with Crippen molar-refractivity contribution in [3.8, 4) is 5.69 Å². The van der Waals surface area contributed by atoms with E-state index in [1.54, 1.807) is 24.3 Å². The molecule has 0 unspecified atom stereocenters. The normalized spacial score (nSPS) is 10.2. The zero-order valence-corrected chi connectivity index (χ0v) is 8.48. The van der Waals surface area contributed by atoms with Gasteiger partial charge in [0.2, 0.25) is 0 Å². The van der Waals surface area contributed by atoms with Gasteiger partial charge < -0.3 is 5.73 Å². The molecule has 0 bridgehead atoms. The van der Waals surface area contributed by atoms with E-state index in [4.69, 9.17) is 17.3 Å². The topological polar surface area (TPSA) is 60.9 Å². The summed E-state index contributed by atoms with van der Waals surface area (Å²) in [6.45, 7) is 0. The minimum Gasteiger partial charge on any atom is -0.397 e. The number of rotatable bonds is 1. The lowest BCUT2D eigenvalue weighted by Gasteiger charge is -2.03. The molecule has 2 rings (SSSR count). The first kappa shape index (κ1) is 9.73. The quantitative estimate of drug-likeness (QED) is 0.793. The Bertz CT molecular complexity index is 533. The molecule has 0 atom stereocenters. The van der Waals surface area contributed by atoms with Gasteiger partial charge in [-0.25, -0.2) is 0 Å². The lowest BCUT2D eigenvalue weighted by Crippen LogP contribution is -2.20. The summed E-state index contributed by atoms with van der Waals surface area (Å²) >= 11 is 5.74. The van der Waals surface area contributed by atoms with Crippen LogP contribution in [0, 0.1) is 0 Å². The second-order valence-corrected chi connectivity index (χ2v) is 3.45. The van der Waals surface area contributed by atoms with Gasteiger partial charge in [-0.3, -0.25) is 4.79 Å². The smallest absolute Gasteiger partial charge is 0.273 e. The molecule has 2 aromatic rings. The molecule has 5 heteroatoms. The van der Waals surface area contributed by atoms with Crippen LogP contribution in [0.15, 0.2) is 41.3 Å². The molecule has 4 nitrogen and oxygen atoms in total. The van der Waals surface area contributed by atoms with Crippen molar-refractivity contribution < 1.29 is 0 Å². The molecule has 1 aromatic carbocycles. The van der Waals surface area contributed by atoms with Crippen LogP contribution >= 0.6 is 11.6 Å². The fourth-order valence-electron chi connectivity index (χ4n) is 1.20. The van der Waals surface area contributed by atoms with Crippen molar-refractivity contribution in [1.29, 1.82) is 0 Å². The maximum atomic E-state index is 11.5. The van der Waals surface area contributed by atoms with Gasteiger partial charge in [0.25, 0.3) is 5.56 Å². The van der Waals surface area contributed by atoms with Gasteiger partial charge in [0, 0.05) is 11.1 Å². The van der Waals surface area contributed by atoms with Gasteiger partial charge >= 0.3 is 0 Å². The maximum absolute atomic E-state index is 11.5. The predicted octanol–water partition coefficient (Wildman–Crippen LogP) is 1.47. The number of anilines is 1. The Kier molecular flexibility index (Phi) is 2.43. The molecule has 0 aliphatic carbocycles. The highest BCUT2D eigenvalue weighted by Gasteiger charge is 2.00. The molecular formula is C10H8ClN3O. The van der Waals surface area contributed by atoms with Crippen molar-refractivity contribution >= 4 is 17.3 Å². The molecular weight excluding hydrogens is 214 g/mol. The molecule has 0 aliphatic rings. The van der Waals surface area contributed by atoms with Crippen molar-refractivity contribution in [2.24, 2.45) is 0 Å². The first-order valence-electron chi connectivity index (χ1n) is 4.27. The van der Waals surface area contributed by atoms with Gasteiger partial charge in [-0.05, 0) is 24.3 Å². The molecule has 1 heterocycles. The highest BCUT2D eigenvalue weighted by Crippen LogP contribution is 2.11. The van der Waals surface area contributed by atoms with E-state index in [0.717, 1.165) is 0 Å². The number of nitrogens with two attached hydrogens (primary N) is 1. The number of nitrogen functional groups attached to an aromatic ring is 1. The number of halogens is 1. The third kappa shape index (κ3) is 1.99. The van der Waals surface area contributed by atoms with Crippen LogP contribution in [0.2, 0.25) is 5.02 Å². The first-order valence-corrected chi connectivity index (χ1v) is 4.65. The summed E-state index contributed by atoms with van der Waals surface area (Å²) in [5.41, 5.74) is 6.18. The summed E-state index contributed by atoms with van der Waals surface area (Å²) in [5, 5.41) is 4.53. The second kappa shape index (κ2) is 3.74.